The zero-order valence-electron chi connectivity index (χ0n) is 11.9. The number of carbonyl (C=O) groups is 1. The minimum atomic E-state index is -0.436. The first-order valence-electron chi connectivity index (χ1n) is 6.72. The molecule has 0 spiro atoms. The van der Waals surface area contributed by atoms with Crippen LogP contribution in [0.15, 0.2) is 65.1 Å². The van der Waals surface area contributed by atoms with Crippen molar-refractivity contribution in [3.8, 4) is 11.5 Å². The fraction of sp³-hybridized carbons (Fsp3) is 0.0556. The van der Waals surface area contributed by atoms with E-state index in [2.05, 4.69) is 15.9 Å². The summed E-state index contributed by atoms with van der Waals surface area (Å²) in [6.07, 6.45) is 0. The summed E-state index contributed by atoms with van der Waals surface area (Å²) in [5, 5.41) is 2.08. The van der Waals surface area contributed by atoms with Gasteiger partial charge in [0, 0.05) is 4.47 Å². The van der Waals surface area contributed by atoms with E-state index in [-0.39, 0.29) is 0 Å². The molecule has 0 fully saturated rings. The molecule has 0 aliphatic rings. The lowest BCUT2D eigenvalue weighted by Gasteiger charge is -2.09. The minimum absolute atomic E-state index is 0.404. The molecule has 0 heterocycles. The minimum Gasteiger partial charge on any atom is -0.496 e. The number of ether oxygens (including phenoxy) is 2. The van der Waals surface area contributed by atoms with Gasteiger partial charge < -0.3 is 9.47 Å². The van der Waals surface area contributed by atoms with Crippen LogP contribution in [0, 0.1) is 0 Å². The Kier molecular flexibility index (Phi) is 4.11. The van der Waals surface area contributed by atoms with Crippen LogP contribution in [0.25, 0.3) is 10.8 Å². The van der Waals surface area contributed by atoms with Crippen LogP contribution >= 0.6 is 15.9 Å². The molecular formula is C18H13BrO3. The highest BCUT2D eigenvalue weighted by Gasteiger charge is 2.14. The number of fused-ring (bicyclic) bond motifs is 1. The number of hydrogen-bond donors (Lipinski definition) is 0. The van der Waals surface area contributed by atoms with Crippen LogP contribution in [0.1, 0.15) is 10.4 Å². The Bertz CT molecular complexity index is 843. The fourth-order valence-corrected chi connectivity index (χ4v) is 2.61. The van der Waals surface area contributed by atoms with Crippen molar-refractivity contribution >= 4 is 32.7 Å². The topological polar surface area (TPSA) is 35.5 Å². The van der Waals surface area contributed by atoms with Gasteiger partial charge in [0.1, 0.15) is 17.1 Å². The summed E-state index contributed by atoms with van der Waals surface area (Å²) < 4.78 is 11.6. The van der Waals surface area contributed by atoms with Crippen molar-refractivity contribution in [3.63, 3.8) is 0 Å². The Balaban J connectivity index is 1.89. The van der Waals surface area contributed by atoms with Crippen LogP contribution < -0.4 is 9.47 Å². The predicted octanol–water partition coefficient (Wildman–Crippen LogP) is 4.83. The largest absolute Gasteiger partial charge is 0.496 e. The highest BCUT2D eigenvalue weighted by atomic mass is 79.9. The molecule has 3 rings (SSSR count). The SMILES string of the molecule is COc1ccccc1C(=O)Oc1ccc2cc(Br)ccc2c1. The van der Waals surface area contributed by atoms with Crippen LogP contribution in [0.2, 0.25) is 0 Å². The summed E-state index contributed by atoms with van der Waals surface area (Å²) in [5.74, 6) is 0.567. The number of rotatable bonds is 3. The summed E-state index contributed by atoms with van der Waals surface area (Å²) in [7, 11) is 1.53. The first-order chi connectivity index (χ1) is 10.7. The monoisotopic (exact) mass is 356 g/mol. The van der Waals surface area contributed by atoms with Gasteiger partial charge in [-0.3, -0.25) is 0 Å². The van der Waals surface area contributed by atoms with Crippen molar-refractivity contribution in [2.75, 3.05) is 7.11 Å². The van der Waals surface area contributed by atoms with Crippen LogP contribution in [-0.4, -0.2) is 13.1 Å². The summed E-state index contributed by atoms with van der Waals surface area (Å²) in [5.41, 5.74) is 0.404. The molecule has 0 amide bonds. The van der Waals surface area contributed by atoms with E-state index in [1.165, 1.54) is 7.11 Å². The highest BCUT2D eigenvalue weighted by Crippen LogP contribution is 2.25. The van der Waals surface area contributed by atoms with Gasteiger partial charge in [0.05, 0.1) is 7.11 Å². The van der Waals surface area contributed by atoms with E-state index in [1.807, 2.05) is 36.4 Å². The van der Waals surface area contributed by atoms with Crippen LogP contribution in [0.5, 0.6) is 11.5 Å². The number of hydrogen-bond acceptors (Lipinski definition) is 3. The number of halogens is 1. The number of para-hydroxylation sites is 1. The van der Waals surface area contributed by atoms with Crippen molar-refractivity contribution < 1.29 is 14.3 Å². The second-order valence-electron chi connectivity index (χ2n) is 4.74. The molecule has 0 aliphatic heterocycles. The number of methoxy groups -OCH3 is 1. The second-order valence-corrected chi connectivity index (χ2v) is 5.66. The van der Waals surface area contributed by atoms with E-state index >= 15 is 0 Å². The zero-order valence-corrected chi connectivity index (χ0v) is 13.5. The maximum atomic E-state index is 12.3. The Morgan fingerprint density at radius 1 is 0.955 bits per heavy atom. The first-order valence-corrected chi connectivity index (χ1v) is 7.51. The van der Waals surface area contributed by atoms with Crippen molar-refractivity contribution in [1.82, 2.24) is 0 Å². The van der Waals surface area contributed by atoms with Gasteiger partial charge in [-0.25, -0.2) is 4.79 Å². The van der Waals surface area contributed by atoms with E-state index in [9.17, 15) is 4.79 Å². The lowest BCUT2D eigenvalue weighted by atomic mass is 10.1. The summed E-state index contributed by atoms with van der Waals surface area (Å²) >= 11 is 3.44. The van der Waals surface area contributed by atoms with Crippen molar-refractivity contribution in [1.29, 1.82) is 0 Å². The summed E-state index contributed by atoms with van der Waals surface area (Å²) in [6, 6.07) is 18.5. The van der Waals surface area contributed by atoms with E-state index < -0.39 is 5.97 Å². The third kappa shape index (κ3) is 2.97. The molecule has 0 atom stereocenters. The molecule has 3 aromatic carbocycles. The molecule has 0 unspecified atom stereocenters. The standard InChI is InChI=1S/C18H13BrO3/c1-21-17-5-3-2-4-16(17)18(20)22-15-9-7-12-10-14(19)8-6-13(12)11-15/h2-11H,1H3. The Morgan fingerprint density at radius 2 is 1.68 bits per heavy atom. The van der Waals surface area contributed by atoms with Crippen LogP contribution in [-0.2, 0) is 0 Å². The van der Waals surface area contributed by atoms with Gasteiger partial charge in [-0.1, -0.05) is 40.2 Å². The molecule has 0 N–H and O–H groups in total. The predicted molar refractivity (Wildman–Crippen MR) is 89.6 cm³/mol. The molecule has 0 radical (unpaired) electrons. The summed E-state index contributed by atoms with van der Waals surface area (Å²) in [4.78, 5) is 12.3. The van der Waals surface area contributed by atoms with Crippen molar-refractivity contribution in [3.05, 3.63) is 70.7 Å². The maximum Gasteiger partial charge on any atom is 0.347 e. The third-order valence-electron chi connectivity index (χ3n) is 3.31. The lowest BCUT2D eigenvalue weighted by molar-refractivity contribution is 0.0731. The first kappa shape index (κ1) is 14.6. The third-order valence-corrected chi connectivity index (χ3v) is 3.80. The van der Waals surface area contributed by atoms with Crippen molar-refractivity contribution in [2.45, 2.75) is 0 Å². The second kappa shape index (κ2) is 6.20. The Labute approximate surface area is 136 Å². The zero-order chi connectivity index (χ0) is 15.5. The number of esters is 1. The average Bonchev–Trinajstić information content (AvgIpc) is 2.55. The number of carbonyl (C=O) groups excluding carboxylic acids is 1. The average molecular weight is 357 g/mol. The molecule has 0 aliphatic carbocycles. The van der Waals surface area contributed by atoms with E-state index in [4.69, 9.17) is 9.47 Å². The fourth-order valence-electron chi connectivity index (χ4n) is 2.23. The molecule has 22 heavy (non-hydrogen) atoms. The maximum absolute atomic E-state index is 12.3. The van der Waals surface area contributed by atoms with E-state index in [1.54, 1.807) is 24.3 Å². The molecular weight excluding hydrogens is 344 g/mol. The normalized spacial score (nSPS) is 10.5. The smallest absolute Gasteiger partial charge is 0.347 e. The Hall–Kier alpha value is -2.33. The number of benzene rings is 3. The molecule has 3 aromatic rings. The van der Waals surface area contributed by atoms with E-state index in [0.29, 0.717) is 17.1 Å². The molecule has 0 saturated carbocycles. The van der Waals surface area contributed by atoms with Gasteiger partial charge in [-0.05, 0) is 47.2 Å². The molecule has 0 bridgehead atoms. The van der Waals surface area contributed by atoms with Crippen molar-refractivity contribution in [2.24, 2.45) is 0 Å². The van der Waals surface area contributed by atoms with Crippen LogP contribution in [0.4, 0.5) is 0 Å². The molecule has 3 nitrogen and oxygen atoms in total. The van der Waals surface area contributed by atoms with Gasteiger partial charge in [-0.15, -0.1) is 0 Å². The Morgan fingerprint density at radius 3 is 2.50 bits per heavy atom. The van der Waals surface area contributed by atoms with Crippen LogP contribution in [0.3, 0.4) is 0 Å². The molecule has 4 heteroatoms. The van der Waals surface area contributed by atoms with Gasteiger partial charge in [0.25, 0.3) is 0 Å². The quantitative estimate of drug-likeness (QED) is 0.498. The van der Waals surface area contributed by atoms with Gasteiger partial charge in [0.2, 0.25) is 0 Å². The molecule has 110 valence electrons. The van der Waals surface area contributed by atoms with Gasteiger partial charge in [0.15, 0.2) is 0 Å². The highest BCUT2D eigenvalue weighted by molar-refractivity contribution is 9.10. The van der Waals surface area contributed by atoms with Gasteiger partial charge >= 0.3 is 5.97 Å². The van der Waals surface area contributed by atoms with Gasteiger partial charge in [-0.2, -0.15) is 0 Å². The summed E-state index contributed by atoms with van der Waals surface area (Å²) in [6.45, 7) is 0. The van der Waals surface area contributed by atoms with E-state index in [0.717, 1.165) is 15.2 Å². The molecule has 0 saturated heterocycles. The lowest BCUT2D eigenvalue weighted by Crippen LogP contribution is -2.09. The molecule has 0 aromatic heterocycles.